The standard InChI is InChI=1S/C7H15N3O2/c1-4-7-12-8-10(11)9(5-2)6-3/h4H,1,5-7H2,2-3H3. The number of rotatable bonds is 6. The molecule has 0 atom stereocenters. The smallest absolute Gasteiger partial charge is 0.233 e. The van der Waals surface area contributed by atoms with E-state index in [-0.39, 0.29) is 6.61 Å². The highest BCUT2D eigenvalue weighted by atomic mass is 16.7. The van der Waals surface area contributed by atoms with Gasteiger partial charge in [0, 0.05) is 0 Å². The zero-order valence-electron chi connectivity index (χ0n) is 7.56. The Bertz CT molecular complexity index is 155. The van der Waals surface area contributed by atoms with Crippen molar-refractivity contribution >= 4 is 0 Å². The molecule has 0 aromatic rings. The number of hydrogen-bond donors (Lipinski definition) is 0. The Morgan fingerprint density at radius 3 is 2.58 bits per heavy atom. The van der Waals surface area contributed by atoms with Crippen LogP contribution in [0.15, 0.2) is 17.9 Å². The van der Waals surface area contributed by atoms with E-state index in [1.165, 1.54) is 11.1 Å². The molecule has 0 N–H and O–H groups in total. The van der Waals surface area contributed by atoms with E-state index in [2.05, 4.69) is 16.7 Å². The summed E-state index contributed by atoms with van der Waals surface area (Å²) in [6.45, 7) is 8.64. The minimum atomic E-state index is 0.250. The summed E-state index contributed by atoms with van der Waals surface area (Å²) in [6, 6.07) is 0. The summed E-state index contributed by atoms with van der Waals surface area (Å²) in [5.41, 5.74) is 0. The van der Waals surface area contributed by atoms with Crippen LogP contribution in [-0.4, -0.2) is 29.7 Å². The van der Waals surface area contributed by atoms with Crippen LogP contribution in [0.3, 0.4) is 0 Å². The molecule has 70 valence electrons. The monoisotopic (exact) mass is 173 g/mol. The Kier molecular flexibility index (Phi) is 5.77. The van der Waals surface area contributed by atoms with Crippen molar-refractivity contribution in [3.05, 3.63) is 17.9 Å². The molecule has 12 heavy (non-hydrogen) atoms. The van der Waals surface area contributed by atoms with E-state index in [4.69, 9.17) is 0 Å². The van der Waals surface area contributed by atoms with Crippen molar-refractivity contribution in [2.24, 2.45) is 5.28 Å². The first kappa shape index (κ1) is 10.7. The number of hydrogen-bond acceptors (Lipinski definition) is 3. The molecule has 0 aliphatic heterocycles. The van der Waals surface area contributed by atoms with Crippen molar-refractivity contribution in [1.29, 1.82) is 0 Å². The maximum absolute atomic E-state index is 11.0. The minimum Gasteiger partial charge on any atom is -0.569 e. The van der Waals surface area contributed by atoms with Crippen LogP contribution in [0.4, 0.5) is 0 Å². The highest BCUT2D eigenvalue weighted by molar-refractivity contribution is 4.62. The van der Waals surface area contributed by atoms with Gasteiger partial charge in [0.1, 0.15) is 6.61 Å². The summed E-state index contributed by atoms with van der Waals surface area (Å²) in [7, 11) is 0. The van der Waals surface area contributed by atoms with Crippen LogP contribution in [0.25, 0.3) is 0 Å². The lowest BCUT2D eigenvalue weighted by molar-refractivity contribution is -0.709. The molecule has 0 unspecified atom stereocenters. The molecular weight excluding hydrogens is 158 g/mol. The zero-order valence-corrected chi connectivity index (χ0v) is 7.56. The molecule has 0 heterocycles. The van der Waals surface area contributed by atoms with Crippen molar-refractivity contribution in [2.75, 3.05) is 19.7 Å². The Morgan fingerprint density at radius 2 is 2.17 bits per heavy atom. The molecule has 5 nitrogen and oxygen atoms in total. The molecule has 0 aliphatic rings. The van der Waals surface area contributed by atoms with Crippen LogP contribution < -0.4 is 0 Å². The molecule has 0 fully saturated rings. The highest BCUT2D eigenvalue weighted by Gasteiger charge is 2.05. The predicted octanol–water partition coefficient (Wildman–Crippen LogP) is 1.32. The third-order valence-corrected chi connectivity index (χ3v) is 1.29. The van der Waals surface area contributed by atoms with E-state index < -0.39 is 0 Å². The van der Waals surface area contributed by atoms with Gasteiger partial charge in [-0.2, -0.15) is 0 Å². The van der Waals surface area contributed by atoms with Crippen LogP contribution in [0.2, 0.25) is 0 Å². The summed E-state index contributed by atoms with van der Waals surface area (Å²) >= 11 is 0. The topological polar surface area (TPSA) is 50.9 Å². The summed E-state index contributed by atoms with van der Waals surface area (Å²) in [6.07, 6.45) is 1.53. The highest BCUT2D eigenvalue weighted by Crippen LogP contribution is 1.89. The molecule has 0 rings (SSSR count). The summed E-state index contributed by atoms with van der Waals surface area (Å²) in [5.74, 6) is 0. The van der Waals surface area contributed by atoms with Crippen LogP contribution >= 0.6 is 0 Å². The summed E-state index contributed by atoms with van der Waals surface area (Å²) in [4.78, 5) is 5.06. The van der Waals surface area contributed by atoms with Gasteiger partial charge >= 0.3 is 0 Å². The first-order valence-electron chi connectivity index (χ1n) is 3.92. The van der Waals surface area contributed by atoms with Crippen molar-refractivity contribution < 1.29 is 9.81 Å². The first-order valence-corrected chi connectivity index (χ1v) is 3.92. The Labute approximate surface area is 72.4 Å². The van der Waals surface area contributed by atoms with E-state index in [0.29, 0.717) is 18.1 Å². The van der Waals surface area contributed by atoms with Gasteiger partial charge in [0.15, 0.2) is 0 Å². The van der Waals surface area contributed by atoms with Gasteiger partial charge in [-0.25, -0.2) is 0 Å². The molecule has 0 bridgehead atoms. The van der Waals surface area contributed by atoms with Gasteiger partial charge in [-0.3, -0.25) is 0 Å². The summed E-state index contributed by atoms with van der Waals surface area (Å²) in [5, 5.41) is 15.8. The van der Waals surface area contributed by atoms with Crippen LogP contribution in [-0.2, 0) is 4.84 Å². The molecule has 5 heteroatoms. The normalized spacial score (nSPS) is 11.0. The van der Waals surface area contributed by atoms with Crippen molar-refractivity contribution in [3.63, 3.8) is 0 Å². The van der Waals surface area contributed by atoms with Gasteiger partial charge in [0.25, 0.3) is 0 Å². The fourth-order valence-electron chi connectivity index (χ4n) is 0.653. The van der Waals surface area contributed by atoms with E-state index in [0.717, 1.165) is 0 Å². The Balaban J connectivity index is 3.86. The molecule has 0 saturated heterocycles. The average molecular weight is 173 g/mol. The molecule has 0 spiro atoms. The molecule has 0 aromatic heterocycles. The average Bonchev–Trinajstić information content (AvgIpc) is 2.07. The number of nitrogens with zero attached hydrogens (tertiary/aromatic N) is 3. The zero-order chi connectivity index (χ0) is 9.40. The van der Waals surface area contributed by atoms with E-state index in [9.17, 15) is 5.21 Å². The van der Waals surface area contributed by atoms with Gasteiger partial charge in [-0.05, 0) is 13.8 Å². The molecule has 0 radical (unpaired) electrons. The second-order valence-corrected chi connectivity index (χ2v) is 2.06. The molecular formula is C7H15N3O2. The van der Waals surface area contributed by atoms with Crippen molar-refractivity contribution in [3.8, 4) is 0 Å². The lowest BCUT2D eigenvalue weighted by atomic mass is 10.6. The first-order chi connectivity index (χ1) is 5.76. The third kappa shape index (κ3) is 3.80. The lowest BCUT2D eigenvalue weighted by Gasteiger charge is -2.12. The maximum Gasteiger partial charge on any atom is 0.233 e. The van der Waals surface area contributed by atoms with Gasteiger partial charge in [-0.1, -0.05) is 12.7 Å². The Morgan fingerprint density at radius 1 is 1.58 bits per heavy atom. The second-order valence-electron chi connectivity index (χ2n) is 2.06. The predicted molar refractivity (Wildman–Crippen MR) is 45.1 cm³/mol. The van der Waals surface area contributed by atoms with Gasteiger partial charge in [0.2, 0.25) is 5.28 Å². The SMILES string of the molecule is C=CCON=[N+]([O-])N(CC)CC. The van der Waals surface area contributed by atoms with Gasteiger partial charge < -0.3 is 10.0 Å². The van der Waals surface area contributed by atoms with Crippen molar-refractivity contribution in [2.45, 2.75) is 13.8 Å². The van der Waals surface area contributed by atoms with Crippen LogP contribution in [0, 0.1) is 5.21 Å². The summed E-state index contributed by atoms with van der Waals surface area (Å²) < 4.78 is 0. The van der Waals surface area contributed by atoms with Gasteiger partial charge in [0.05, 0.1) is 18.1 Å². The van der Waals surface area contributed by atoms with E-state index in [1.54, 1.807) is 0 Å². The van der Waals surface area contributed by atoms with Gasteiger partial charge in [-0.15, -0.1) is 5.01 Å². The molecule has 0 saturated carbocycles. The third-order valence-electron chi connectivity index (χ3n) is 1.29. The number of hydrazine groups is 1. The lowest BCUT2D eigenvalue weighted by Crippen LogP contribution is -2.30. The molecule has 0 aliphatic carbocycles. The van der Waals surface area contributed by atoms with Crippen LogP contribution in [0.1, 0.15) is 13.8 Å². The Hall–Kier alpha value is -1.26. The largest absolute Gasteiger partial charge is 0.569 e. The molecule has 0 amide bonds. The maximum atomic E-state index is 11.0. The molecule has 0 aromatic carbocycles. The fourth-order valence-corrected chi connectivity index (χ4v) is 0.653. The van der Waals surface area contributed by atoms with E-state index in [1.807, 2.05) is 13.8 Å². The minimum absolute atomic E-state index is 0.250. The fraction of sp³-hybridized carbons (Fsp3) is 0.714. The van der Waals surface area contributed by atoms with Crippen LogP contribution in [0.5, 0.6) is 0 Å². The van der Waals surface area contributed by atoms with E-state index >= 15 is 0 Å². The van der Waals surface area contributed by atoms with Crippen molar-refractivity contribution in [1.82, 2.24) is 5.01 Å². The second kappa shape index (κ2) is 6.45. The quantitative estimate of drug-likeness (QED) is 0.200.